The predicted octanol–water partition coefficient (Wildman–Crippen LogP) is 8.31. The van der Waals surface area contributed by atoms with E-state index in [9.17, 15) is 0 Å². The van der Waals surface area contributed by atoms with Crippen molar-refractivity contribution in [2.45, 2.75) is 90.9 Å². The van der Waals surface area contributed by atoms with Gasteiger partial charge < -0.3 is 0 Å². The second-order valence-corrected chi connectivity index (χ2v) is 8.15. The van der Waals surface area contributed by atoms with Crippen molar-refractivity contribution in [3.8, 4) is 23.7 Å². The number of rotatable bonds is 11. The van der Waals surface area contributed by atoms with Gasteiger partial charge in [-0.05, 0) is 61.2 Å². The van der Waals surface area contributed by atoms with Crippen molar-refractivity contribution in [1.82, 2.24) is 0 Å². The Morgan fingerprint density at radius 3 is 1.57 bits per heavy atom. The van der Waals surface area contributed by atoms with Crippen molar-refractivity contribution in [3.05, 3.63) is 70.8 Å². The van der Waals surface area contributed by atoms with Gasteiger partial charge in [-0.3, -0.25) is 0 Å². The summed E-state index contributed by atoms with van der Waals surface area (Å²) in [6, 6.07) is 17.0. The summed E-state index contributed by atoms with van der Waals surface area (Å²) in [6.07, 6.45) is 15.4. The van der Waals surface area contributed by atoms with Crippen LogP contribution < -0.4 is 0 Å². The van der Waals surface area contributed by atoms with Gasteiger partial charge in [-0.15, -0.1) is 0 Å². The molecule has 0 amide bonds. The summed E-state index contributed by atoms with van der Waals surface area (Å²) in [5.74, 6) is 13.1. The van der Waals surface area contributed by atoms with Crippen LogP contribution in [0.3, 0.4) is 0 Å². The summed E-state index contributed by atoms with van der Waals surface area (Å²) in [5.41, 5.74) is 4.62. The quantitative estimate of drug-likeness (QED) is 0.264. The molecule has 0 aliphatic rings. The van der Waals surface area contributed by atoms with Crippen LogP contribution in [0.15, 0.2) is 48.5 Å². The number of hydrogen-bond acceptors (Lipinski definition) is 0. The zero-order valence-corrected chi connectivity index (χ0v) is 19.1. The first kappa shape index (κ1) is 23.8. The minimum Gasteiger partial charge on any atom is -0.0979 e. The Bertz CT molecular complexity index is 816. The minimum atomic E-state index is 1.00. The van der Waals surface area contributed by atoms with Gasteiger partial charge >= 0.3 is 0 Å². The van der Waals surface area contributed by atoms with Crippen LogP contribution in [-0.4, -0.2) is 0 Å². The lowest BCUT2D eigenvalue weighted by Gasteiger charge is -2.01. The van der Waals surface area contributed by atoms with E-state index in [1.807, 2.05) is 0 Å². The average Bonchev–Trinajstić information content (AvgIpc) is 2.79. The fourth-order valence-electron chi connectivity index (χ4n) is 3.45. The maximum absolute atomic E-state index is 3.31. The maximum Gasteiger partial charge on any atom is 0.0249 e. The van der Waals surface area contributed by atoms with E-state index in [1.165, 1.54) is 76.2 Å². The molecule has 0 unspecified atom stereocenters. The highest BCUT2D eigenvalue weighted by atomic mass is 14.0. The predicted molar refractivity (Wildman–Crippen MR) is 132 cm³/mol. The molecule has 158 valence electrons. The highest BCUT2D eigenvalue weighted by molar-refractivity contribution is 5.46. The molecule has 0 atom stereocenters. The van der Waals surface area contributed by atoms with Gasteiger partial charge in [0, 0.05) is 23.1 Å². The van der Waals surface area contributed by atoms with Gasteiger partial charge in [0.25, 0.3) is 0 Å². The Morgan fingerprint density at radius 2 is 0.967 bits per heavy atom. The van der Waals surface area contributed by atoms with Crippen LogP contribution in [0.1, 0.15) is 107 Å². The molecule has 0 aliphatic carbocycles. The van der Waals surface area contributed by atoms with Crippen LogP contribution >= 0.6 is 0 Å². The zero-order chi connectivity index (χ0) is 21.3. The van der Waals surface area contributed by atoms with Crippen molar-refractivity contribution in [2.75, 3.05) is 0 Å². The second kappa shape index (κ2) is 15.4. The highest BCUT2D eigenvalue weighted by Gasteiger charge is 1.95. The number of aryl methyl sites for hydroxylation is 1. The largest absolute Gasteiger partial charge is 0.0979 e. The first-order valence-electron chi connectivity index (χ1n) is 12.0. The van der Waals surface area contributed by atoms with Crippen molar-refractivity contribution >= 4 is 0 Å². The van der Waals surface area contributed by atoms with Gasteiger partial charge in [-0.1, -0.05) is 101 Å². The summed E-state index contributed by atoms with van der Waals surface area (Å²) in [7, 11) is 0. The Kier molecular flexibility index (Phi) is 12.2. The van der Waals surface area contributed by atoms with E-state index in [-0.39, 0.29) is 0 Å². The van der Waals surface area contributed by atoms with E-state index < -0.39 is 0 Å². The van der Waals surface area contributed by atoms with Crippen LogP contribution in [0.5, 0.6) is 0 Å². The molecule has 30 heavy (non-hydrogen) atoms. The lowest BCUT2D eigenvalue weighted by Crippen LogP contribution is -1.86. The summed E-state index contributed by atoms with van der Waals surface area (Å²) >= 11 is 0. The Balaban J connectivity index is 1.76. The number of unbranched alkanes of at least 4 members (excludes halogenated alkanes) is 9. The fraction of sp³-hybridized carbons (Fsp3) is 0.467. The molecule has 2 aromatic rings. The summed E-state index contributed by atoms with van der Waals surface area (Å²) in [5, 5.41) is 0. The molecule has 0 saturated heterocycles. The molecule has 0 N–H and O–H groups in total. The molecular formula is C30H38. The topological polar surface area (TPSA) is 0 Å². The second-order valence-electron chi connectivity index (χ2n) is 8.15. The van der Waals surface area contributed by atoms with Crippen molar-refractivity contribution < 1.29 is 0 Å². The molecule has 0 heterocycles. The van der Waals surface area contributed by atoms with Crippen molar-refractivity contribution in [3.63, 3.8) is 0 Å². The van der Waals surface area contributed by atoms with Gasteiger partial charge in [-0.25, -0.2) is 0 Å². The van der Waals surface area contributed by atoms with E-state index >= 15 is 0 Å². The SMILES string of the molecule is CCCCCCCCC#Cc1ccc(C#Cc2ccc(CCCCCC)cc2)cc1. The van der Waals surface area contributed by atoms with Crippen LogP contribution in [0.2, 0.25) is 0 Å². The van der Waals surface area contributed by atoms with E-state index in [1.54, 1.807) is 0 Å². The first-order chi connectivity index (χ1) is 14.8. The van der Waals surface area contributed by atoms with E-state index in [4.69, 9.17) is 0 Å². The Labute approximate surface area is 185 Å². The monoisotopic (exact) mass is 398 g/mol. The zero-order valence-electron chi connectivity index (χ0n) is 19.1. The normalized spacial score (nSPS) is 10.1. The van der Waals surface area contributed by atoms with Crippen LogP contribution in [0, 0.1) is 23.7 Å². The summed E-state index contributed by atoms with van der Waals surface area (Å²) < 4.78 is 0. The molecule has 0 aliphatic heterocycles. The molecule has 2 rings (SSSR count). The van der Waals surface area contributed by atoms with E-state index in [0.29, 0.717) is 0 Å². The summed E-state index contributed by atoms with van der Waals surface area (Å²) in [4.78, 5) is 0. The molecule has 0 saturated carbocycles. The van der Waals surface area contributed by atoms with Gasteiger partial charge in [0.05, 0.1) is 0 Å². The van der Waals surface area contributed by atoms with Gasteiger partial charge in [0.2, 0.25) is 0 Å². The molecule has 0 fully saturated rings. The minimum absolute atomic E-state index is 1.00. The third kappa shape index (κ3) is 10.4. The number of hydrogen-bond donors (Lipinski definition) is 0. The van der Waals surface area contributed by atoms with Gasteiger partial charge in [-0.2, -0.15) is 0 Å². The Morgan fingerprint density at radius 1 is 0.500 bits per heavy atom. The van der Waals surface area contributed by atoms with Crippen LogP contribution in [-0.2, 0) is 6.42 Å². The standard InChI is InChI=1S/C30H38/c1-3-5-7-9-10-11-12-14-16-28-19-23-30(24-20-28)26-25-29-21-17-27(18-22-29)15-13-8-6-4-2/h17-24H,3-13,15H2,1-2H3. The molecule has 0 aromatic heterocycles. The molecule has 0 nitrogen and oxygen atoms in total. The van der Waals surface area contributed by atoms with Gasteiger partial charge in [0.1, 0.15) is 0 Å². The summed E-state index contributed by atoms with van der Waals surface area (Å²) in [6.45, 7) is 4.52. The molecule has 0 radical (unpaired) electrons. The highest BCUT2D eigenvalue weighted by Crippen LogP contribution is 2.10. The molecule has 0 spiro atoms. The third-order valence-electron chi connectivity index (χ3n) is 5.40. The Hall–Kier alpha value is -2.44. The van der Waals surface area contributed by atoms with Crippen LogP contribution in [0.25, 0.3) is 0 Å². The van der Waals surface area contributed by atoms with Crippen LogP contribution in [0.4, 0.5) is 0 Å². The van der Waals surface area contributed by atoms with E-state index in [0.717, 1.165) is 23.1 Å². The van der Waals surface area contributed by atoms with E-state index in [2.05, 4.69) is 86.1 Å². The number of benzene rings is 2. The van der Waals surface area contributed by atoms with Crippen molar-refractivity contribution in [2.24, 2.45) is 0 Å². The molecule has 2 aromatic carbocycles. The average molecular weight is 399 g/mol. The third-order valence-corrected chi connectivity index (χ3v) is 5.40. The molecule has 0 heteroatoms. The lowest BCUT2D eigenvalue weighted by atomic mass is 10.0. The lowest BCUT2D eigenvalue weighted by molar-refractivity contribution is 0.614. The smallest absolute Gasteiger partial charge is 0.0249 e. The molecule has 0 bridgehead atoms. The maximum atomic E-state index is 3.31. The van der Waals surface area contributed by atoms with Crippen molar-refractivity contribution in [1.29, 1.82) is 0 Å². The first-order valence-corrected chi connectivity index (χ1v) is 12.0. The fourth-order valence-corrected chi connectivity index (χ4v) is 3.45. The van der Waals surface area contributed by atoms with Gasteiger partial charge in [0.15, 0.2) is 0 Å². The molecular weight excluding hydrogens is 360 g/mol.